The van der Waals surface area contributed by atoms with Gasteiger partial charge in [-0.05, 0) is 37.7 Å². The molecule has 1 aromatic rings. The Balaban J connectivity index is 2.77. The van der Waals surface area contributed by atoms with Gasteiger partial charge >= 0.3 is 0 Å². The van der Waals surface area contributed by atoms with E-state index in [1.54, 1.807) is 0 Å². The molecule has 2 nitrogen and oxygen atoms in total. The smallest absolute Gasteiger partial charge is 0.124 e. The maximum absolute atomic E-state index is 13.0. The van der Waals surface area contributed by atoms with E-state index >= 15 is 0 Å². The third-order valence-electron chi connectivity index (χ3n) is 2.20. The summed E-state index contributed by atoms with van der Waals surface area (Å²) in [6.45, 7) is 2.37. The molecule has 0 heterocycles. The predicted molar refractivity (Wildman–Crippen MR) is 60.6 cm³/mol. The quantitative estimate of drug-likeness (QED) is 0.845. The van der Waals surface area contributed by atoms with Gasteiger partial charge in [0.05, 0.1) is 12.1 Å². The molecule has 1 rings (SSSR count). The highest BCUT2D eigenvalue weighted by atomic mass is 79.9. The van der Waals surface area contributed by atoms with E-state index in [4.69, 9.17) is 5.26 Å². The van der Waals surface area contributed by atoms with E-state index in [1.165, 1.54) is 12.1 Å². The molecule has 1 aromatic carbocycles. The van der Waals surface area contributed by atoms with Crippen molar-refractivity contribution in [3.05, 3.63) is 34.1 Å². The molecule has 1 atom stereocenters. The Hall–Kier alpha value is -0.920. The Kier molecular flexibility index (Phi) is 4.25. The molecule has 80 valence electrons. The van der Waals surface area contributed by atoms with Crippen LogP contribution in [0.25, 0.3) is 0 Å². The largest absolute Gasteiger partial charge is 0.287 e. The first-order valence-electron chi connectivity index (χ1n) is 4.57. The molecule has 0 amide bonds. The molecule has 0 bridgehead atoms. The van der Waals surface area contributed by atoms with E-state index < -0.39 is 0 Å². The lowest BCUT2D eigenvalue weighted by molar-refractivity contribution is 0.294. The van der Waals surface area contributed by atoms with Crippen LogP contribution in [0.1, 0.15) is 12.5 Å². The van der Waals surface area contributed by atoms with Crippen molar-refractivity contribution in [3.8, 4) is 6.07 Å². The van der Waals surface area contributed by atoms with Crippen LogP contribution < -0.4 is 0 Å². The van der Waals surface area contributed by atoms with Crippen LogP contribution >= 0.6 is 15.9 Å². The molecule has 0 aliphatic carbocycles. The Morgan fingerprint density at radius 1 is 1.53 bits per heavy atom. The normalized spacial score (nSPS) is 12.5. The molecular weight excluding hydrogens is 259 g/mol. The maximum atomic E-state index is 13.0. The van der Waals surface area contributed by atoms with E-state index in [0.29, 0.717) is 6.54 Å². The van der Waals surface area contributed by atoms with E-state index in [-0.39, 0.29) is 11.9 Å². The summed E-state index contributed by atoms with van der Waals surface area (Å²) in [7, 11) is 1.84. The number of nitriles is 1. The van der Waals surface area contributed by atoms with Crippen LogP contribution in [0.3, 0.4) is 0 Å². The molecule has 0 saturated carbocycles. The summed E-state index contributed by atoms with van der Waals surface area (Å²) in [6.07, 6.45) is 0. The van der Waals surface area contributed by atoms with Gasteiger partial charge in [-0.3, -0.25) is 4.90 Å². The molecule has 0 aliphatic heterocycles. The Bertz CT molecular complexity index is 366. The molecule has 0 saturated heterocycles. The monoisotopic (exact) mass is 270 g/mol. The van der Waals surface area contributed by atoms with Gasteiger partial charge in [0.15, 0.2) is 0 Å². The van der Waals surface area contributed by atoms with Crippen LogP contribution in [0, 0.1) is 17.1 Å². The lowest BCUT2D eigenvalue weighted by Crippen LogP contribution is -2.27. The fourth-order valence-electron chi connectivity index (χ4n) is 1.23. The van der Waals surface area contributed by atoms with Crippen molar-refractivity contribution in [2.45, 2.75) is 19.5 Å². The van der Waals surface area contributed by atoms with Crippen molar-refractivity contribution in [2.75, 3.05) is 7.05 Å². The van der Waals surface area contributed by atoms with Crippen molar-refractivity contribution >= 4 is 15.9 Å². The zero-order valence-electron chi connectivity index (χ0n) is 8.67. The molecule has 0 aliphatic rings. The summed E-state index contributed by atoms with van der Waals surface area (Å²) in [4.78, 5) is 1.86. The van der Waals surface area contributed by atoms with Crippen molar-refractivity contribution in [3.63, 3.8) is 0 Å². The van der Waals surface area contributed by atoms with Gasteiger partial charge < -0.3 is 0 Å². The number of rotatable bonds is 3. The first-order chi connectivity index (χ1) is 7.02. The first kappa shape index (κ1) is 12.2. The topological polar surface area (TPSA) is 27.0 Å². The summed E-state index contributed by atoms with van der Waals surface area (Å²) in [5.74, 6) is -0.266. The zero-order chi connectivity index (χ0) is 11.4. The summed E-state index contributed by atoms with van der Waals surface area (Å²) >= 11 is 3.23. The molecule has 0 aromatic heterocycles. The Morgan fingerprint density at radius 2 is 2.20 bits per heavy atom. The van der Waals surface area contributed by atoms with E-state index in [0.717, 1.165) is 10.0 Å². The van der Waals surface area contributed by atoms with Gasteiger partial charge in [0.25, 0.3) is 0 Å². The minimum atomic E-state index is -0.266. The average Bonchev–Trinajstić information content (AvgIpc) is 2.14. The molecular formula is C11H12BrFN2. The molecule has 1 unspecified atom stereocenters. The van der Waals surface area contributed by atoms with Crippen LogP contribution in [-0.2, 0) is 6.54 Å². The van der Waals surface area contributed by atoms with Gasteiger partial charge in [-0.2, -0.15) is 5.26 Å². The summed E-state index contributed by atoms with van der Waals surface area (Å²) in [5.41, 5.74) is 0.853. The zero-order valence-corrected chi connectivity index (χ0v) is 10.3. The SMILES string of the molecule is CC(C#N)N(C)Cc1cc(F)cc(Br)c1. The molecule has 0 fully saturated rings. The minimum Gasteiger partial charge on any atom is -0.287 e. The molecule has 0 spiro atoms. The van der Waals surface area contributed by atoms with Gasteiger partial charge in [-0.1, -0.05) is 15.9 Å². The van der Waals surface area contributed by atoms with Crippen LogP contribution in [0.2, 0.25) is 0 Å². The van der Waals surface area contributed by atoms with Crippen molar-refractivity contribution in [1.29, 1.82) is 5.26 Å². The number of halogens is 2. The van der Waals surface area contributed by atoms with E-state index in [1.807, 2.05) is 24.9 Å². The van der Waals surface area contributed by atoms with Crippen molar-refractivity contribution in [2.24, 2.45) is 0 Å². The van der Waals surface area contributed by atoms with Crippen molar-refractivity contribution < 1.29 is 4.39 Å². The first-order valence-corrected chi connectivity index (χ1v) is 5.37. The average molecular weight is 271 g/mol. The Morgan fingerprint density at radius 3 is 2.73 bits per heavy atom. The molecule has 15 heavy (non-hydrogen) atoms. The van der Waals surface area contributed by atoms with Gasteiger partial charge in [-0.25, -0.2) is 4.39 Å². The lowest BCUT2D eigenvalue weighted by atomic mass is 10.2. The third kappa shape index (κ3) is 3.61. The fraction of sp³-hybridized carbons (Fsp3) is 0.364. The molecule has 4 heteroatoms. The van der Waals surface area contributed by atoms with Crippen molar-refractivity contribution in [1.82, 2.24) is 4.90 Å². The highest BCUT2D eigenvalue weighted by molar-refractivity contribution is 9.10. The highest BCUT2D eigenvalue weighted by Crippen LogP contribution is 2.16. The standard InChI is InChI=1S/C11H12BrFN2/c1-8(6-14)15(2)7-9-3-10(12)5-11(13)4-9/h3-5,8H,7H2,1-2H3. The second-order valence-corrected chi connectivity index (χ2v) is 4.41. The fourth-order valence-corrected chi connectivity index (χ4v) is 1.74. The van der Waals surface area contributed by atoms with Gasteiger partial charge in [0, 0.05) is 11.0 Å². The second kappa shape index (κ2) is 5.24. The highest BCUT2D eigenvalue weighted by Gasteiger charge is 2.09. The van der Waals surface area contributed by atoms with E-state index in [9.17, 15) is 4.39 Å². The van der Waals surface area contributed by atoms with E-state index in [2.05, 4.69) is 22.0 Å². The van der Waals surface area contributed by atoms with Gasteiger partial charge in [-0.15, -0.1) is 0 Å². The van der Waals surface area contributed by atoms with Gasteiger partial charge in [0.2, 0.25) is 0 Å². The van der Waals surface area contributed by atoms with Crippen LogP contribution in [0.5, 0.6) is 0 Å². The number of benzene rings is 1. The van der Waals surface area contributed by atoms with Crippen LogP contribution in [0.15, 0.2) is 22.7 Å². The summed E-state index contributed by atoms with van der Waals surface area (Å²) in [5, 5.41) is 8.72. The number of hydrogen-bond acceptors (Lipinski definition) is 2. The lowest BCUT2D eigenvalue weighted by Gasteiger charge is -2.18. The predicted octanol–water partition coefficient (Wildman–Crippen LogP) is 2.93. The molecule has 0 radical (unpaired) electrons. The summed E-state index contributed by atoms with van der Waals surface area (Å²) in [6, 6.07) is 6.70. The second-order valence-electron chi connectivity index (χ2n) is 3.50. The van der Waals surface area contributed by atoms with Crippen LogP contribution in [0.4, 0.5) is 4.39 Å². The third-order valence-corrected chi connectivity index (χ3v) is 2.66. The molecule has 0 N–H and O–H groups in total. The Labute approximate surface area is 97.4 Å². The number of nitrogens with zero attached hydrogens (tertiary/aromatic N) is 2. The van der Waals surface area contributed by atoms with Crippen LogP contribution in [-0.4, -0.2) is 18.0 Å². The maximum Gasteiger partial charge on any atom is 0.124 e. The van der Waals surface area contributed by atoms with Gasteiger partial charge in [0.1, 0.15) is 5.82 Å². The number of hydrogen-bond donors (Lipinski definition) is 0. The summed E-state index contributed by atoms with van der Waals surface area (Å²) < 4.78 is 13.8. The minimum absolute atomic E-state index is 0.174.